The van der Waals surface area contributed by atoms with E-state index in [2.05, 4.69) is 29.5 Å². The summed E-state index contributed by atoms with van der Waals surface area (Å²) in [5.74, 6) is 0. The zero-order valence-corrected chi connectivity index (χ0v) is 9.51. The van der Waals surface area contributed by atoms with Crippen LogP contribution in [-0.4, -0.2) is 24.1 Å². The number of aryl methyl sites for hydroxylation is 2. The molecule has 82 valence electrons. The number of hydrogen-bond acceptors (Lipinski definition) is 3. The Morgan fingerprint density at radius 3 is 2.67 bits per heavy atom. The van der Waals surface area contributed by atoms with Crippen molar-refractivity contribution in [2.24, 2.45) is 0 Å². The summed E-state index contributed by atoms with van der Waals surface area (Å²) in [6.07, 6.45) is 6.37. The number of pyridine rings is 1. The molecule has 0 bridgehead atoms. The topological polar surface area (TPSA) is 37.0 Å². The first-order valence-electron chi connectivity index (χ1n) is 5.66. The second-order valence-corrected chi connectivity index (χ2v) is 4.34. The first-order chi connectivity index (χ1) is 7.27. The Labute approximate surface area is 91.3 Å². The molecule has 0 aliphatic carbocycles. The molecule has 3 nitrogen and oxygen atoms in total. The standard InChI is InChI=1S/C12H19N3/c1-9-6-14-7-10(2)12(9)15-11-4-3-5-13-8-11/h6-7,11,13H,3-5,8H2,1-2H3,(H,14,15). The number of rotatable bonds is 2. The fraction of sp³-hybridized carbons (Fsp3) is 0.583. The highest BCUT2D eigenvalue weighted by molar-refractivity contribution is 5.55. The van der Waals surface area contributed by atoms with Crippen LogP contribution in [0.2, 0.25) is 0 Å². The molecular formula is C12H19N3. The van der Waals surface area contributed by atoms with E-state index in [1.165, 1.54) is 29.7 Å². The van der Waals surface area contributed by atoms with Crippen molar-refractivity contribution in [3.05, 3.63) is 23.5 Å². The van der Waals surface area contributed by atoms with Gasteiger partial charge >= 0.3 is 0 Å². The van der Waals surface area contributed by atoms with Gasteiger partial charge in [0, 0.05) is 30.7 Å². The molecule has 2 N–H and O–H groups in total. The number of aromatic nitrogens is 1. The third-order valence-corrected chi connectivity index (χ3v) is 2.97. The molecule has 1 unspecified atom stereocenters. The lowest BCUT2D eigenvalue weighted by atomic mass is 10.1. The zero-order chi connectivity index (χ0) is 10.7. The van der Waals surface area contributed by atoms with E-state index in [-0.39, 0.29) is 0 Å². The molecule has 1 aromatic heterocycles. The van der Waals surface area contributed by atoms with Gasteiger partial charge in [-0.1, -0.05) is 0 Å². The number of hydrogen-bond donors (Lipinski definition) is 2. The van der Waals surface area contributed by atoms with Crippen molar-refractivity contribution in [3.8, 4) is 0 Å². The molecule has 15 heavy (non-hydrogen) atoms. The van der Waals surface area contributed by atoms with Gasteiger partial charge in [-0.25, -0.2) is 0 Å². The molecule has 0 aromatic carbocycles. The average Bonchev–Trinajstić information content (AvgIpc) is 2.25. The lowest BCUT2D eigenvalue weighted by Gasteiger charge is -2.26. The van der Waals surface area contributed by atoms with Crippen LogP contribution in [-0.2, 0) is 0 Å². The quantitative estimate of drug-likeness (QED) is 0.774. The van der Waals surface area contributed by atoms with Gasteiger partial charge in [0.1, 0.15) is 0 Å². The molecule has 3 heteroatoms. The highest BCUT2D eigenvalue weighted by Crippen LogP contribution is 2.20. The Bertz CT molecular complexity index is 309. The van der Waals surface area contributed by atoms with Crippen LogP contribution in [0.1, 0.15) is 24.0 Å². The number of anilines is 1. The van der Waals surface area contributed by atoms with Crippen LogP contribution in [0.25, 0.3) is 0 Å². The van der Waals surface area contributed by atoms with Gasteiger partial charge in [0.15, 0.2) is 0 Å². The normalized spacial score (nSPS) is 21.3. The van der Waals surface area contributed by atoms with Gasteiger partial charge in [-0.3, -0.25) is 4.98 Å². The van der Waals surface area contributed by atoms with Crippen LogP contribution in [0.4, 0.5) is 5.69 Å². The maximum atomic E-state index is 4.18. The highest BCUT2D eigenvalue weighted by Gasteiger charge is 2.14. The van der Waals surface area contributed by atoms with Crippen molar-refractivity contribution in [2.75, 3.05) is 18.4 Å². The van der Waals surface area contributed by atoms with Crippen LogP contribution in [0.15, 0.2) is 12.4 Å². The molecule has 1 aliphatic rings. The highest BCUT2D eigenvalue weighted by atomic mass is 15.0. The predicted octanol–water partition coefficient (Wildman–Crippen LogP) is 1.86. The summed E-state index contributed by atoms with van der Waals surface area (Å²) in [7, 11) is 0. The summed E-state index contributed by atoms with van der Waals surface area (Å²) in [5, 5.41) is 7.03. The molecule has 0 saturated carbocycles. The fourth-order valence-electron chi connectivity index (χ4n) is 2.11. The van der Waals surface area contributed by atoms with E-state index in [1.54, 1.807) is 0 Å². The Morgan fingerprint density at radius 1 is 1.33 bits per heavy atom. The average molecular weight is 205 g/mol. The van der Waals surface area contributed by atoms with Crippen molar-refractivity contribution < 1.29 is 0 Å². The lowest BCUT2D eigenvalue weighted by molar-refractivity contribution is 0.479. The maximum Gasteiger partial charge on any atom is 0.0433 e. The van der Waals surface area contributed by atoms with Crippen molar-refractivity contribution in [1.82, 2.24) is 10.3 Å². The molecule has 2 rings (SSSR count). The van der Waals surface area contributed by atoms with Gasteiger partial charge in [-0.15, -0.1) is 0 Å². The summed E-state index contributed by atoms with van der Waals surface area (Å²) >= 11 is 0. The van der Waals surface area contributed by atoms with Gasteiger partial charge < -0.3 is 10.6 Å². The SMILES string of the molecule is Cc1cncc(C)c1NC1CCCNC1. The molecular weight excluding hydrogens is 186 g/mol. The minimum Gasteiger partial charge on any atom is -0.381 e. The molecule has 0 amide bonds. The van der Waals surface area contributed by atoms with E-state index in [0.717, 1.165) is 13.1 Å². The Balaban J connectivity index is 2.09. The number of nitrogens with zero attached hydrogens (tertiary/aromatic N) is 1. The monoisotopic (exact) mass is 205 g/mol. The number of piperidine rings is 1. The van der Waals surface area contributed by atoms with Gasteiger partial charge in [-0.2, -0.15) is 0 Å². The van der Waals surface area contributed by atoms with Crippen molar-refractivity contribution in [2.45, 2.75) is 32.7 Å². The molecule has 1 saturated heterocycles. The van der Waals surface area contributed by atoms with Crippen LogP contribution in [0, 0.1) is 13.8 Å². The summed E-state index contributed by atoms with van der Waals surface area (Å²) in [6.45, 7) is 6.45. The second kappa shape index (κ2) is 4.62. The molecule has 2 heterocycles. The molecule has 1 aromatic rings. The zero-order valence-electron chi connectivity index (χ0n) is 9.51. The van der Waals surface area contributed by atoms with E-state index >= 15 is 0 Å². The van der Waals surface area contributed by atoms with E-state index < -0.39 is 0 Å². The largest absolute Gasteiger partial charge is 0.381 e. The van der Waals surface area contributed by atoms with E-state index in [9.17, 15) is 0 Å². The second-order valence-electron chi connectivity index (χ2n) is 4.34. The van der Waals surface area contributed by atoms with E-state index in [0.29, 0.717) is 6.04 Å². The summed E-state index contributed by atoms with van der Waals surface area (Å²) < 4.78 is 0. The minimum absolute atomic E-state index is 0.568. The van der Waals surface area contributed by atoms with E-state index in [4.69, 9.17) is 0 Å². The van der Waals surface area contributed by atoms with Gasteiger partial charge in [-0.05, 0) is 44.4 Å². The summed E-state index contributed by atoms with van der Waals surface area (Å²) in [6, 6.07) is 0.568. The smallest absolute Gasteiger partial charge is 0.0433 e. The molecule has 1 atom stereocenters. The fourth-order valence-corrected chi connectivity index (χ4v) is 2.11. The van der Waals surface area contributed by atoms with Crippen molar-refractivity contribution in [3.63, 3.8) is 0 Å². The van der Waals surface area contributed by atoms with Crippen LogP contribution in [0.3, 0.4) is 0 Å². The first kappa shape index (κ1) is 10.4. The van der Waals surface area contributed by atoms with Crippen LogP contribution < -0.4 is 10.6 Å². The summed E-state index contributed by atoms with van der Waals surface area (Å²) in [5.41, 5.74) is 3.74. The van der Waals surface area contributed by atoms with Crippen molar-refractivity contribution in [1.29, 1.82) is 0 Å². The first-order valence-corrected chi connectivity index (χ1v) is 5.66. The van der Waals surface area contributed by atoms with Gasteiger partial charge in [0.25, 0.3) is 0 Å². The summed E-state index contributed by atoms with van der Waals surface area (Å²) in [4.78, 5) is 4.18. The third kappa shape index (κ3) is 2.48. The van der Waals surface area contributed by atoms with Crippen molar-refractivity contribution >= 4 is 5.69 Å². The Morgan fingerprint density at radius 2 is 2.07 bits per heavy atom. The molecule has 0 radical (unpaired) electrons. The third-order valence-electron chi connectivity index (χ3n) is 2.97. The maximum absolute atomic E-state index is 4.18. The Hall–Kier alpha value is -1.09. The molecule has 1 fully saturated rings. The van der Waals surface area contributed by atoms with Gasteiger partial charge in [0.05, 0.1) is 0 Å². The molecule has 0 spiro atoms. The molecule has 1 aliphatic heterocycles. The van der Waals surface area contributed by atoms with Crippen LogP contribution >= 0.6 is 0 Å². The Kier molecular flexibility index (Phi) is 3.21. The minimum atomic E-state index is 0.568. The van der Waals surface area contributed by atoms with Crippen LogP contribution in [0.5, 0.6) is 0 Å². The van der Waals surface area contributed by atoms with Gasteiger partial charge in [0.2, 0.25) is 0 Å². The predicted molar refractivity (Wildman–Crippen MR) is 63.2 cm³/mol. The number of nitrogens with one attached hydrogen (secondary N) is 2. The lowest BCUT2D eigenvalue weighted by Crippen LogP contribution is -2.38. The van der Waals surface area contributed by atoms with E-state index in [1.807, 2.05) is 12.4 Å².